The molecule has 0 aliphatic heterocycles. The normalized spacial score (nSPS) is 39.7. The first-order valence-electron chi connectivity index (χ1n) is 7.33. The van der Waals surface area contributed by atoms with Gasteiger partial charge in [-0.15, -0.1) is 0 Å². The van der Waals surface area contributed by atoms with Gasteiger partial charge in [0.2, 0.25) is 0 Å². The van der Waals surface area contributed by atoms with Crippen molar-refractivity contribution in [3.05, 3.63) is 0 Å². The molecule has 0 spiro atoms. The predicted molar refractivity (Wildman–Crippen MR) is 72.2 cm³/mol. The van der Waals surface area contributed by atoms with Gasteiger partial charge < -0.3 is 0 Å². The number of carbonyl (C=O) groups excluding carboxylic acids is 2. The van der Waals surface area contributed by atoms with Crippen LogP contribution in [-0.4, -0.2) is 11.6 Å². The van der Waals surface area contributed by atoms with E-state index in [0.717, 1.165) is 25.7 Å². The van der Waals surface area contributed by atoms with Crippen molar-refractivity contribution in [2.75, 3.05) is 0 Å². The molecule has 0 heterocycles. The smallest absolute Gasteiger partial charge is 0.145 e. The van der Waals surface area contributed by atoms with Crippen molar-refractivity contribution in [1.82, 2.24) is 0 Å². The first kappa shape index (κ1) is 13.8. The molecule has 4 unspecified atom stereocenters. The van der Waals surface area contributed by atoms with Gasteiger partial charge in [0.1, 0.15) is 11.6 Å². The zero-order valence-corrected chi connectivity index (χ0v) is 12.4. The summed E-state index contributed by atoms with van der Waals surface area (Å²) in [6, 6.07) is 0. The van der Waals surface area contributed by atoms with E-state index in [1.165, 1.54) is 0 Å². The Morgan fingerprint density at radius 3 is 2.56 bits per heavy atom. The molecule has 0 saturated heterocycles. The third-order valence-corrected chi connectivity index (χ3v) is 5.87. The Morgan fingerprint density at radius 1 is 1.39 bits per heavy atom. The van der Waals surface area contributed by atoms with E-state index in [0.29, 0.717) is 17.5 Å². The highest BCUT2D eigenvalue weighted by molar-refractivity contribution is 5.98. The second kappa shape index (κ2) is 4.18. The summed E-state index contributed by atoms with van der Waals surface area (Å²) in [6.45, 7) is 10.2. The summed E-state index contributed by atoms with van der Waals surface area (Å²) in [5, 5.41) is 0. The Labute approximate surface area is 111 Å². The second-order valence-corrected chi connectivity index (χ2v) is 7.20. The number of carbonyl (C=O) groups is 2. The minimum absolute atomic E-state index is 0.0216. The highest BCUT2D eigenvalue weighted by Gasteiger charge is 2.60. The van der Waals surface area contributed by atoms with Gasteiger partial charge >= 0.3 is 0 Å². The number of hydrogen-bond donors (Lipinski definition) is 0. The minimum Gasteiger partial charge on any atom is -0.299 e. The lowest BCUT2D eigenvalue weighted by molar-refractivity contribution is -0.166. The van der Waals surface area contributed by atoms with Crippen LogP contribution in [0, 0.1) is 28.6 Å². The molecule has 102 valence electrons. The summed E-state index contributed by atoms with van der Waals surface area (Å²) < 4.78 is 0. The highest BCUT2D eigenvalue weighted by Crippen LogP contribution is 2.59. The quantitative estimate of drug-likeness (QED) is 0.766. The van der Waals surface area contributed by atoms with Gasteiger partial charge in [-0.05, 0) is 31.6 Å². The number of hydrogen-bond acceptors (Lipinski definition) is 2. The van der Waals surface area contributed by atoms with Gasteiger partial charge in [0.15, 0.2) is 0 Å². The molecule has 0 aromatic heterocycles. The number of rotatable bonds is 3. The Hall–Kier alpha value is -0.660. The molecule has 4 atom stereocenters. The van der Waals surface area contributed by atoms with E-state index in [1.807, 2.05) is 13.8 Å². The van der Waals surface area contributed by atoms with Gasteiger partial charge in [0.25, 0.3) is 0 Å². The summed E-state index contributed by atoms with van der Waals surface area (Å²) in [5.41, 5.74) is -0.613. The molecule has 0 amide bonds. The molecule has 0 aromatic rings. The molecule has 3 rings (SSSR count). The number of fused-ring (bicyclic) bond motifs is 3. The van der Waals surface area contributed by atoms with Crippen LogP contribution in [0.25, 0.3) is 0 Å². The van der Waals surface area contributed by atoms with Crippen LogP contribution in [0.15, 0.2) is 0 Å². The number of ketones is 2. The molecule has 3 aliphatic carbocycles. The van der Waals surface area contributed by atoms with Gasteiger partial charge in [-0.3, -0.25) is 9.59 Å². The van der Waals surface area contributed by atoms with Crippen LogP contribution in [0.1, 0.15) is 60.3 Å². The summed E-state index contributed by atoms with van der Waals surface area (Å²) in [7, 11) is 0. The maximum Gasteiger partial charge on any atom is 0.145 e. The fourth-order valence-electron chi connectivity index (χ4n) is 4.13. The van der Waals surface area contributed by atoms with E-state index in [9.17, 15) is 9.59 Å². The predicted octanol–water partition coefficient (Wildman–Crippen LogP) is 3.63. The van der Waals surface area contributed by atoms with E-state index in [-0.39, 0.29) is 17.3 Å². The molecule has 3 saturated carbocycles. The molecular formula is C16H26O2. The van der Waals surface area contributed by atoms with Gasteiger partial charge in [0.05, 0.1) is 0 Å². The lowest BCUT2D eigenvalue weighted by Crippen LogP contribution is -2.59. The lowest BCUT2D eigenvalue weighted by atomic mass is 9.45. The lowest BCUT2D eigenvalue weighted by Gasteiger charge is -2.56. The topological polar surface area (TPSA) is 34.1 Å². The molecule has 0 radical (unpaired) electrons. The molecule has 18 heavy (non-hydrogen) atoms. The van der Waals surface area contributed by atoms with Crippen LogP contribution in [0.5, 0.6) is 0 Å². The maximum absolute atomic E-state index is 12.7. The standard InChI is InChI=1S/C16H26O2/c1-6-10(2)13(17)12-9-11-7-8-16(12,5)14(18)15(11,3)4/h10-12H,6-9H2,1-5H3. The zero-order valence-electron chi connectivity index (χ0n) is 12.4. The van der Waals surface area contributed by atoms with E-state index in [2.05, 4.69) is 20.8 Å². The Morgan fingerprint density at radius 2 is 2.00 bits per heavy atom. The van der Waals surface area contributed by atoms with Crippen LogP contribution in [0.2, 0.25) is 0 Å². The summed E-state index contributed by atoms with van der Waals surface area (Å²) in [6.07, 6.45) is 3.83. The Bertz CT molecular complexity index is 383. The van der Waals surface area contributed by atoms with Crippen LogP contribution in [-0.2, 0) is 9.59 Å². The number of Topliss-reactive ketones (excluding diaryl/α,β-unsaturated/α-hetero) is 2. The SMILES string of the molecule is CCC(C)C(=O)C1CC2CCC1(C)C(=O)C2(C)C. The van der Waals surface area contributed by atoms with Crippen molar-refractivity contribution < 1.29 is 9.59 Å². The molecule has 0 N–H and O–H groups in total. The monoisotopic (exact) mass is 250 g/mol. The van der Waals surface area contributed by atoms with Crippen molar-refractivity contribution in [3.8, 4) is 0 Å². The first-order valence-corrected chi connectivity index (χ1v) is 7.33. The fourth-order valence-corrected chi connectivity index (χ4v) is 4.13. The van der Waals surface area contributed by atoms with Crippen molar-refractivity contribution in [3.63, 3.8) is 0 Å². The second-order valence-electron chi connectivity index (χ2n) is 7.20. The molecule has 3 fully saturated rings. The molecule has 2 nitrogen and oxygen atoms in total. The van der Waals surface area contributed by atoms with E-state index in [1.54, 1.807) is 0 Å². The van der Waals surface area contributed by atoms with Gasteiger partial charge in [-0.25, -0.2) is 0 Å². The van der Waals surface area contributed by atoms with E-state index in [4.69, 9.17) is 0 Å². The van der Waals surface area contributed by atoms with Gasteiger partial charge in [-0.1, -0.05) is 34.6 Å². The average Bonchev–Trinajstić information content (AvgIpc) is 2.34. The molecule has 3 aliphatic rings. The summed E-state index contributed by atoms with van der Waals surface area (Å²) >= 11 is 0. The van der Waals surface area contributed by atoms with Crippen molar-refractivity contribution in [1.29, 1.82) is 0 Å². The Balaban J connectivity index is 2.33. The Kier molecular flexibility index (Phi) is 3.19. The van der Waals surface area contributed by atoms with Crippen molar-refractivity contribution >= 4 is 11.6 Å². The van der Waals surface area contributed by atoms with Crippen molar-refractivity contribution in [2.45, 2.75) is 60.3 Å². The van der Waals surface area contributed by atoms with Crippen LogP contribution in [0.4, 0.5) is 0 Å². The summed E-state index contributed by atoms with van der Waals surface area (Å²) in [5.74, 6) is 1.14. The maximum atomic E-state index is 12.7. The van der Waals surface area contributed by atoms with Crippen LogP contribution in [0.3, 0.4) is 0 Å². The van der Waals surface area contributed by atoms with Crippen LogP contribution >= 0.6 is 0 Å². The largest absolute Gasteiger partial charge is 0.299 e. The highest BCUT2D eigenvalue weighted by atomic mass is 16.1. The third-order valence-electron chi connectivity index (χ3n) is 5.87. The molecule has 2 bridgehead atoms. The summed E-state index contributed by atoms with van der Waals surface area (Å²) in [4.78, 5) is 25.2. The van der Waals surface area contributed by atoms with Crippen molar-refractivity contribution in [2.24, 2.45) is 28.6 Å². The van der Waals surface area contributed by atoms with Gasteiger partial charge in [0, 0.05) is 22.7 Å². The third kappa shape index (κ3) is 1.68. The van der Waals surface area contributed by atoms with Gasteiger partial charge in [-0.2, -0.15) is 0 Å². The van der Waals surface area contributed by atoms with Crippen LogP contribution < -0.4 is 0 Å². The molecular weight excluding hydrogens is 224 g/mol. The van der Waals surface area contributed by atoms with E-state index >= 15 is 0 Å². The minimum atomic E-state index is -0.390. The molecule has 0 aromatic carbocycles. The first-order chi connectivity index (χ1) is 8.25. The average molecular weight is 250 g/mol. The van der Waals surface area contributed by atoms with E-state index < -0.39 is 5.41 Å². The fraction of sp³-hybridized carbons (Fsp3) is 0.875. The zero-order chi connectivity index (χ0) is 13.7. The molecule has 2 heteroatoms.